The van der Waals surface area contributed by atoms with E-state index in [1.807, 2.05) is 12.1 Å². The number of ether oxygens (including phenoxy) is 1. The largest absolute Gasteiger partial charge is 0.497 e. The van der Waals surface area contributed by atoms with Crippen LogP contribution in [0.4, 0.5) is 0 Å². The van der Waals surface area contributed by atoms with Gasteiger partial charge in [0.15, 0.2) is 5.96 Å². The van der Waals surface area contributed by atoms with Crippen LogP contribution in [0.2, 0.25) is 5.02 Å². The molecule has 1 aliphatic rings. The summed E-state index contributed by atoms with van der Waals surface area (Å²) in [7, 11) is 3.31. The first-order valence-corrected chi connectivity index (χ1v) is 9.56. The molecule has 3 N–H and O–H groups in total. The van der Waals surface area contributed by atoms with Crippen LogP contribution < -0.4 is 20.7 Å². The number of nitrogens with one attached hydrogen (secondary N) is 3. The number of benzene rings is 1. The van der Waals surface area contributed by atoms with Crippen molar-refractivity contribution < 1.29 is 9.53 Å². The van der Waals surface area contributed by atoms with Gasteiger partial charge in [0.25, 0.3) is 0 Å². The van der Waals surface area contributed by atoms with Crippen LogP contribution in [0, 0.1) is 0 Å². The average molecular weight is 509 g/mol. The quantitative estimate of drug-likeness (QED) is 0.301. The smallest absolute Gasteiger partial charge is 0.239 e. The third-order valence-electron chi connectivity index (χ3n) is 4.56. The summed E-state index contributed by atoms with van der Waals surface area (Å²) < 4.78 is 5.15. The van der Waals surface area contributed by atoms with E-state index < -0.39 is 0 Å². The Balaban J connectivity index is 0.00000364. The summed E-state index contributed by atoms with van der Waals surface area (Å²) >= 11 is 6.25. The number of halogens is 2. The van der Waals surface area contributed by atoms with Gasteiger partial charge in [-0.2, -0.15) is 0 Å². The fourth-order valence-corrected chi connectivity index (χ4v) is 3.35. The number of guanidine groups is 1. The molecular weight excluding hydrogens is 479 g/mol. The molecule has 0 radical (unpaired) electrons. The van der Waals surface area contributed by atoms with Crippen LogP contribution in [0.5, 0.6) is 5.75 Å². The van der Waals surface area contributed by atoms with Gasteiger partial charge in [-0.15, -0.1) is 24.0 Å². The molecule has 1 aromatic carbocycles. The van der Waals surface area contributed by atoms with Crippen molar-refractivity contribution in [2.24, 2.45) is 4.99 Å². The van der Waals surface area contributed by atoms with Crippen molar-refractivity contribution >= 4 is 47.4 Å². The van der Waals surface area contributed by atoms with Crippen LogP contribution in [0.3, 0.4) is 0 Å². The Bertz CT molecular complexity index is 622. The van der Waals surface area contributed by atoms with Crippen LogP contribution in [0.1, 0.15) is 37.7 Å². The number of carbonyl (C=O) groups is 1. The molecule has 1 fully saturated rings. The molecule has 27 heavy (non-hydrogen) atoms. The van der Waals surface area contributed by atoms with E-state index in [4.69, 9.17) is 16.3 Å². The summed E-state index contributed by atoms with van der Waals surface area (Å²) in [6.07, 6.45) is 6.60. The highest BCUT2D eigenvalue weighted by molar-refractivity contribution is 14.0. The highest BCUT2D eigenvalue weighted by Gasteiger charge is 2.15. The topological polar surface area (TPSA) is 74.8 Å². The minimum Gasteiger partial charge on any atom is -0.497 e. The monoisotopic (exact) mass is 508 g/mol. The number of carbonyl (C=O) groups excluding carboxylic acids is 1. The van der Waals surface area contributed by atoms with E-state index in [1.165, 1.54) is 19.3 Å². The second-order valence-corrected chi connectivity index (χ2v) is 6.87. The van der Waals surface area contributed by atoms with Crippen molar-refractivity contribution in [3.8, 4) is 5.75 Å². The first-order chi connectivity index (χ1) is 12.6. The van der Waals surface area contributed by atoms with Crippen molar-refractivity contribution in [3.05, 3.63) is 28.8 Å². The minimum absolute atomic E-state index is 0. The van der Waals surface area contributed by atoms with Crippen LogP contribution in [0.15, 0.2) is 23.2 Å². The number of rotatable bonds is 7. The average Bonchev–Trinajstić information content (AvgIpc) is 2.66. The molecule has 1 saturated carbocycles. The molecule has 0 unspecified atom stereocenters. The molecule has 152 valence electrons. The first kappa shape index (κ1) is 23.8. The maximum absolute atomic E-state index is 12.0. The number of hydrogen-bond donors (Lipinski definition) is 3. The summed E-state index contributed by atoms with van der Waals surface area (Å²) in [6.45, 7) is 0.884. The Kier molecular flexibility index (Phi) is 11.5. The van der Waals surface area contributed by atoms with Crippen molar-refractivity contribution in [1.82, 2.24) is 16.0 Å². The van der Waals surface area contributed by atoms with Crippen LogP contribution in [0.25, 0.3) is 0 Å². The fraction of sp³-hybridized carbons (Fsp3) is 0.579. The van der Waals surface area contributed by atoms with Gasteiger partial charge < -0.3 is 20.7 Å². The molecular formula is C19H30ClIN4O2. The lowest BCUT2D eigenvalue weighted by atomic mass is 9.95. The second kappa shape index (κ2) is 13.0. The minimum atomic E-state index is 0. The normalized spacial score (nSPS) is 14.9. The van der Waals surface area contributed by atoms with Gasteiger partial charge in [0.2, 0.25) is 5.91 Å². The van der Waals surface area contributed by atoms with Gasteiger partial charge in [0.1, 0.15) is 5.75 Å². The molecule has 0 atom stereocenters. The Labute approximate surface area is 183 Å². The van der Waals surface area contributed by atoms with E-state index in [0.29, 0.717) is 23.6 Å². The SMILES string of the molecule is CN=C(NCCc1ccc(OC)cc1Cl)NCC(=O)NC1CCCCC1.I. The molecule has 0 saturated heterocycles. The van der Waals surface area contributed by atoms with E-state index in [0.717, 1.165) is 30.6 Å². The van der Waals surface area contributed by atoms with E-state index in [2.05, 4.69) is 20.9 Å². The van der Waals surface area contributed by atoms with Gasteiger partial charge in [-0.25, -0.2) is 0 Å². The maximum atomic E-state index is 12.0. The van der Waals surface area contributed by atoms with Crippen LogP contribution in [-0.4, -0.2) is 45.2 Å². The summed E-state index contributed by atoms with van der Waals surface area (Å²) in [6, 6.07) is 5.98. The lowest BCUT2D eigenvalue weighted by molar-refractivity contribution is -0.120. The van der Waals surface area contributed by atoms with Gasteiger partial charge in [-0.1, -0.05) is 36.9 Å². The maximum Gasteiger partial charge on any atom is 0.239 e. The summed E-state index contributed by atoms with van der Waals surface area (Å²) in [4.78, 5) is 16.2. The zero-order valence-electron chi connectivity index (χ0n) is 16.0. The lowest BCUT2D eigenvalue weighted by Gasteiger charge is -2.23. The van der Waals surface area contributed by atoms with Crippen molar-refractivity contribution in [2.45, 2.75) is 44.6 Å². The van der Waals surface area contributed by atoms with Gasteiger partial charge >= 0.3 is 0 Å². The number of hydrogen-bond acceptors (Lipinski definition) is 3. The summed E-state index contributed by atoms with van der Waals surface area (Å²) in [5.74, 6) is 1.36. The van der Waals surface area contributed by atoms with Crippen molar-refractivity contribution in [2.75, 3.05) is 27.2 Å². The second-order valence-electron chi connectivity index (χ2n) is 6.46. The highest BCUT2D eigenvalue weighted by atomic mass is 127. The molecule has 6 nitrogen and oxygen atoms in total. The zero-order chi connectivity index (χ0) is 18.8. The fourth-order valence-electron chi connectivity index (χ4n) is 3.08. The number of methoxy groups -OCH3 is 1. The lowest BCUT2D eigenvalue weighted by Crippen LogP contribution is -2.46. The number of amides is 1. The molecule has 1 aromatic rings. The van der Waals surface area contributed by atoms with E-state index in [-0.39, 0.29) is 36.4 Å². The van der Waals surface area contributed by atoms with E-state index in [9.17, 15) is 4.79 Å². The molecule has 0 spiro atoms. The third-order valence-corrected chi connectivity index (χ3v) is 4.91. The van der Waals surface area contributed by atoms with Gasteiger partial charge in [-0.05, 0) is 37.0 Å². The predicted octanol–water partition coefficient (Wildman–Crippen LogP) is 3.12. The van der Waals surface area contributed by atoms with E-state index >= 15 is 0 Å². The standard InChI is InChI=1S/C19H29ClN4O2.HI/c1-21-19(23-13-18(25)24-15-6-4-3-5-7-15)22-11-10-14-8-9-16(26-2)12-17(14)20;/h8-9,12,15H,3-7,10-11,13H2,1-2H3,(H,24,25)(H2,21,22,23);1H. The molecule has 1 aliphatic carbocycles. The highest BCUT2D eigenvalue weighted by Crippen LogP contribution is 2.22. The summed E-state index contributed by atoms with van der Waals surface area (Å²) in [5, 5.41) is 10.0. The Morgan fingerprint density at radius 1 is 1.26 bits per heavy atom. The first-order valence-electron chi connectivity index (χ1n) is 9.18. The van der Waals surface area contributed by atoms with Crippen molar-refractivity contribution in [1.29, 1.82) is 0 Å². The van der Waals surface area contributed by atoms with Gasteiger partial charge in [0, 0.05) is 24.7 Å². The van der Waals surface area contributed by atoms with Crippen molar-refractivity contribution in [3.63, 3.8) is 0 Å². The molecule has 0 aliphatic heterocycles. The number of nitrogens with zero attached hydrogens (tertiary/aromatic N) is 1. The Morgan fingerprint density at radius 2 is 2.00 bits per heavy atom. The van der Waals surface area contributed by atoms with Gasteiger partial charge in [-0.3, -0.25) is 9.79 Å². The zero-order valence-corrected chi connectivity index (χ0v) is 19.1. The molecule has 2 rings (SSSR count). The molecule has 1 amide bonds. The molecule has 8 heteroatoms. The summed E-state index contributed by atoms with van der Waals surface area (Å²) in [5.41, 5.74) is 1.03. The molecule has 0 heterocycles. The van der Waals surface area contributed by atoms with Crippen LogP contribution in [-0.2, 0) is 11.2 Å². The van der Waals surface area contributed by atoms with E-state index in [1.54, 1.807) is 20.2 Å². The Morgan fingerprint density at radius 3 is 2.63 bits per heavy atom. The number of aliphatic imine (C=N–C) groups is 1. The molecule has 0 aromatic heterocycles. The van der Waals surface area contributed by atoms with Crippen LogP contribution >= 0.6 is 35.6 Å². The van der Waals surface area contributed by atoms with Gasteiger partial charge in [0.05, 0.1) is 13.7 Å². The predicted molar refractivity (Wildman–Crippen MR) is 122 cm³/mol. The Hall–Kier alpha value is -1.22. The molecule has 0 bridgehead atoms. The third kappa shape index (κ3) is 8.55.